The van der Waals surface area contributed by atoms with E-state index >= 15 is 0 Å². The summed E-state index contributed by atoms with van der Waals surface area (Å²) in [5, 5.41) is 13.4. The van der Waals surface area contributed by atoms with Gasteiger partial charge >= 0.3 is 0 Å². The molecular formula is C7H6N2OS2. The highest BCUT2D eigenvalue weighted by Gasteiger charge is 2.04. The minimum atomic E-state index is 0.00873. The number of rotatable bonds is 2. The Kier molecular flexibility index (Phi) is 2.16. The molecule has 3 nitrogen and oxygen atoms in total. The zero-order valence-electron chi connectivity index (χ0n) is 6.10. The lowest BCUT2D eigenvalue weighted by Crippen LogP contribution is -1.81. The molecule has 1 N–H and O–H groups in total. The largest absolute Gasteiger partial charge is 0.389 e. The van der Waals surface area contributed by atoms with E-state index in [0.29, 0.717) is 0 Å². The van der Waals surface area contributed by atoms with Crippen LogP contribution in [0.5, 0.6) is 0 Å². The van der Waals surface area contributed by atoms with E-state index in [1.165, 1.54) is 11.3 Å². The maximum Gasteiger partial charge on any atom is 0.119 e. The van der Waals surface area contributed by atoms with E-state index in [1.807, 2.05) is 10.8 Å². The molecule has 2 rings (SSSR count). The van der Waals surface area contributed by atoms with Crippen molar-refractivity contribution in [2.45, 2.75) is 6.61 Å². The van der Waals surface area contributed by atoms with Gasteiger partial charge in [-0.1, -0.05) is 0 Å². The van der Waals surface area contributed by atoms with Crippen molar-refractivity contribution in [1.29, 1.82) is 0 Å². The molecule has 0 aliphatic carbocycles. The first-order chi connectivity index (χ1) is 5.90. The van der Waals surface area contributed by atoms with Crippen LogP contribution >= 0.6 is 22.7 Å². The number of nitrogens with zero attached hydrogens (tertiary/aromatic N) is 2. The van der Waals surface area contributed by atoms with Gasteiger partial charge in [0.25, 0.3) is 0 Å². The fourth-order valence-electron chi connectivity index (χ4n) is 0.840. The van der Waals surface area contributed by atoms with Gasteiger partial charge in [0.15, 0.2) is 0 Å². The third-order valence-corrected chi connectivity index (χ3v) is 2.80. The molecule has 0 spiro atoms. The highest BCUT2D eigenvalue weighted by atomic mass is 32.1. The molecule has 0 aromatic carbocycles. The summed E-state index contributed by atoms with van der Waals surface area (Å²) in [4.78, 5) is 8.30. The van der Waals surface area contributed by atoms with Crippen LogP contribution in [-0.2, 0) is 6.61 Å². The summed E-state index contributed by atoms with van der Waals surface area (Å²) >= 11 is 2.99. The van der Waals surface area contributed by atoms with Gasteiger partial charge in [-0.15, -0.1) is 22.7 Å². The molecule has 0 fully saturated rings. The van der Waals surface area contributed by atoms with Crippen LogP contribution in [0.4, 0.5) is 0 Å². The summed E-state index contributed by atoms with van der Waals surface area (Å²) in [7, 11) is 0. The minimum Gasteiger partial charge on any atom is -0.389 e. The molecule has 2 aromatic rings. The Morgan fingerprint density at radius 1 is 1.33 bits per heavy atom. The Bertz CT molecular complexity index is 355. The Labute approximate surface area is 77.4 Å². The lowest BCUT2D eigenvalue weighted by molar-refractivity contribution is 0.281. The number of aromatic nitrogens is 2. The second kappa shape index (κ2) is 3.30. The van der Waals surface area contributed by atoms with Gasteiger partial charge in [-0.3, -0.25) is 0 Å². The van der Waals surface area contributed by atoms with E-state index in [9.17, 15) is 0 Å². The molecule has 0 saturated carbocycles. The fourth-order valence-corrected chi connectivity index (χ4v) is 2.03. The summed E-state index contributed by atoms with van der Waals surface area (Å²) in [5.41, 5.74) is 3.51. The molecule has 12 heavy (non-hydrogen) atoms. The predicted octanol–water partition coefficient (Wildman–Crippen LogP) is 1.76. The lowest BCUT2D eigenvalue weighted by Gasteiger charge is -1.85. The van der Waals surface area contributed by atoms with Crippen LogP contribution < -0.4 is 0 Å². The molecular weight excluding hydrogens is 192 g/mol. The first kappa shape index (κ1) is 7.85. The Morgan fingerprint density at radius 3 is 2.83 bits per heavy atom. The van der Waals surface area contributed by atoms with Crippen LogP contribution in [0.15, 0.2) is 16.3 Å². The first-order valence-electron chi connectivity index (χ1n) is 3.34. The summed E-state index contributed by atoms with van der Waals surface area (Å²) in [6.07, 6.45) is 0. The molecule has 62 valence electrons. The second-order valence-electron chi connectivity index (χ2n) is 2.16. The average Bonchev–Trinajstić information content (AvgIpc) is 2.75. The Hall–Kier alpha value is -0.780. The molecule has 0 bridgehead atoms. The van der Waals surface area contributed by atoms with Gasteiger partial charge < -0.3 is 5.11 Å². The highest BCUT2D eigenvalue weighted by molar-refractivity contribution is 7.10. The second-order valence-corrected chi connectivity index (χ2v) is 3.82. The van der Waals surface area contributed by atoms with Gasteiger partial charge in [0.05, 0.1) is 12.1 Å². The molecule has 0 atom stereocenters. The van der Waals surface area contributed by atoms with Gasteiger partial charge in [0.1, 0.15) is 16.4 Å². The minimum absolute atomic E-state index is 0.00873. The van der Waals surface area contributed by atoms with E-state index in [4.69, 9.17) is 5.11 Å². The maximum absolute atomic E-state index is 8.78. The standard InChI is InChI=1S/C7H6N2OS2/c10-1-7-9-6(3-12-7)5-2-11-4-8-5/h2-4,10H,1H2. The molecule has 0 aliphatic rings. The highest BCUT2D eigenvalue weighted by Crippen LogP contribution is 2.21. The summed E-state index contributed by atoms with van der Waals surface area (Å²) in [6, 6.07) is 0. The van der Waals surface area contributed by atoms with E-state index in [2.05, 4.69) is 9.97 Å². The van der Waals surface area contributed by atoms with Gasteiger partial charge in [0, 0.05) is 10.8 Å². The number of hydrogen-bond acceptors (Lipinski definition) is 5. The van der Waals surface area contributed by atoms with Crippen molar-refractivity contribution in [2.24, 2.45) is 0 Å². The molecule has 2 heterocycles. The maximum atomic E-state index is 8.78. The number of aliphatic hydroxyl groups is 1. The zero-order chi connectivity index (χ0) is 8.39. The SMILES string of the molecule is OCc1nc(-c2cscn2)cs1. The number of aliphatic hydroxyl groups excluding tert-OH is 1. The monoisotopic (exact) mass is 198 g/mol. The molecule has 2 aromatic heterocycles. The lowest BCUT2D eigenvalue weighted by atomic mass is 10.4. The van der Waals surface area contributed by atoms with Crippen LogP contribution in [0.2, 0.25) is 0 Å². The number of thiazole rings is 2. The van der Waals surface area contributed by atoms with E-state index in [-0.39, 0.29) is 6.61 Å². The summed E-state index contributed by atoms with van der Waals surface area (Å²) in [6.45, 7) is 0.00873. The van der Waals surface area contributed by atoms with E-state index in [1.54, 1.807) is 16.8 Å². The summed E-state index contributed by atoms with van der Waals surface area (Å²) < 4.78 is 0. The predicted molar refractivity (Wildman–Crippen MR) is 49.1 cm³/mol. The Morgan fingerprint density at radius 2 is 2.25 bits per heavy atom. The number of hydrogen-bond donors (Lipinski definition) is 1. The van der Waals surface area contributed by atoms with Gasteiger partial charge in [-0.25, -0.2) is 9.97 Å². The molecule has 0 radical (unpaired) electrons. The summed E-state index contributed by atoms with van der Waals surface area (Å²) in [5.74, 6) is 0. The van der Waals surface area contributed by atoms with E-state index in [0.717, 1.165) is 16.4 Å². The van der Waals surface area contributed by atoms with Crippen molar-refractivity contribution in [3.8, 4) is 11.4 Å². The van der Waals surface area contributed by atoms with Gasteiger partial charge in [0.2, 0.25) is 0 Å². The van der Waals surface area contributed by atoms with Crippen molar-refractivity contribution >= 4 is 22.7 Å². The van der Waals surface area contributed by atoms with E-state index < -0.39 is 0 Å². The third-order valence-electron chi connectivity index (χ3n) is 1.38. The zero-order valence-corrected chi connectivity index (χ0v) is 7.73. The van der Waals surface area contributed by atoms with Crippen LogP contribution in [0.1, 0.15) is 5.01 Å². The molecule has 0 aliphatic heterocycles. The first-order valence-corrected chi connectivity index (χ1v) is 5.16. The quantitative estimate of drug-likeness (QED) is 0.799. The van der Waals surface area contributed by atoms with Gasteiger partial charge in [-0.05, 0) is 0 Å². The normalized spacial score (nSPS) is 10.4. The molecule has 0 saturated heterocycles. The van der Waals surface area contributed by atoms with Crippen molar-refractivity contribution in [3.05, 3.63) is 21.3 Å². The molecule has 0 amide bonds. The van der Waals surface area contributed by atoms with Crippen molar-refractivity contribution < 1.29 is 5.11 Å². The topological polar surface area (TPSA) is 46.0 Å². The van der Waals surface area contributed by atoms with Crippen molar-refractivity contribution in [3.63, 3.8) is 0 Å². The van der Waals surface area contributed by atoms with Crippen LogP contribution in [-0.4, -0.2) is 15.1 Å². The van der Waals surface area contributed by atoms with Crippen LogP contribution in [0, 0.1) is 0 Å². The van der Waals surface area contributed by atoms with Crippen LogP contribution in [0.25, 0.3) is 11.4 Å². The van der Waals surface area contributed by atoms with Crippen molar-refractivity contribution in [1.82, 2.24) is 9.97 Å². The van der Waals surface area contributed by atoms with Crippen LogP contribution in [0.3, 0.4) is 0 Å². The van der Waals surface area contributed by atoms with Gasteiger partial charge in [-0.2, -0.15) is 0 Å². The molecule has 0 unspecified atom stereocenters. The third kappa shape index (κ3) is 1.38. The van der Waals surface area contributed by atoms with Crippen molar-refractivity contribution in [2.75, 3.05) is 0 Å². The molecule has 5 heteroatoms. The Balaban J connectivity index is 2.35. The smallest absolute Gasteiger partial charge is 0.119 e. The fraction of sp³-hybridized carbons (Fsp3) is 0.143. The average molecular weight is 198 g/mol.